The van der Waals surface area contributed by atoms with Crippen LogP contribution in [0.5, 0.6) is 0 Å². The van der Waals surface area contributed by atoms with Gasteiger partial charge in [0.1, 0.15) is 5.70 Å². The molecule has 2 amide bonds. The highest BCUT2D eigenvalue weighted by Crippen LogP contribution is 2.17. The Hall–Kier alpha value is -3.72. The number of rotatable bonds is 8. The molecule has 0 saturated carbocycles. The molecule has 0 aromatic heterocycles. The molecule has 2 aromatic carbocycles. The Balaban J connectivity index is 2.32. The zero-order valence-electron chi connectivity index (χ0n) is 14.9. The lowest BCUT2D eigenvalue weighted by Crippen LogP contribution is -2.35. The summed E-state index contributed by atoms with van der Waals surface area (Å²) in [6.07, 6.45) is 0.937. The molecular formula is C19H16ClN3O6. The van der Waals surface area contributed by atoms with E-state index in [-0.39, 0.29) is 34.9 Å². The van der Waals surface area contributed by atoms with Crippen molar-refractivity contribution in [1.82, 2.24) is 10.6 Å². The Labute approximate surface area is 170 Å². The summed E-state index contributed by atoms with van der Waals surface area (Å²) >= 11 is 6.00. The molecule has 0 fully saturated rings. The van der Waals surface area contributed by atoms with Crippen LogP contribution in [0, 0.1) is 10.1 Å². The van der Waals surface area contributed by atoms with E-state index in [1.807, 2.05) is 0 Å². The van der Waals surface area contributed by atoms with E-state index in [1.54, 1.807) is 12.1 Å². The van der Waals surface area contributed by atoms with E-state index in [2.05, 4.69) is 10.6 Å². The molecule has 2 rings (SSSR count). The van der Waals surface area contributed by atoms with E-state index in [0.29, 0.717) is 5.56 Å². The number of carboxylic acids is 1. The number of amides is 2. The molecule has 0 bridgehead atoms. The van der Waals surface area contributed by atoms with Gasteiger partial charge in [-0.05, 0) is 23.8 Å². The quantitative estimate of drug-likeness (QED) is 0.343. The zero-order chi connectivity index (χ0) is 21.4. The molecule has 0 spiro atoms. The minimum absolute atomic E-state index is 0.123. The number of nitro benzene ring substituents is 1. The van der Waals surface area contributed by atoms with Crippen LogP contribution in [0.1, 0.15) is 22.3 Å². The second-order valence-corrected chi connectivity index (χ2v) is 6.15. The van der Waals surface area contributed by atoms with Gasteiger partial charge in [-0.15, -0.1) is 0 Å². The number of nitrogens with zero attached hydrogens (tertiary/aromatic N) is 1. The first-order valence-corrected chi connectivity index (χ1v) is 8.67. The third-order valence-corrected chi connectivity index (χ3v) is 3.96. The molecular weight excluding hydrogens is 402 g/mol. The molecule has 0 aliphatic carbocycles. The smallest absolute Gasteiger partial charge is 0.305 e. The van der Waals surface area contributed by atoms with Crippen molar-refractivity contribution in [3.05, 3.63) is 80.5 Å². The van der Waals surface area contributed by atoms with Crippen molar-refractivity contribution >= 4 is 41.1 Å². The van der Waals surface area contributed by atoms with Gasteiger partial charge in [0.15, 0.2) is 0 Å². The average molecular weight is 418 g/mol. The molecule has 29 heavy (non-hydrogen) atoms. The van der Waals surface area contributed by atoms with Crippen LogP contribution in [0.2, 0.25) is 5.02 Å². The van der Waals surface area contributed by atoms with Crippen LogP contribution >= 0.6 is 11.6 Å². The molecule has 2 aromatic rings. The maximum absolute atomic E-state index is 12.5. The monoisotopic (exact) mass is 417 g/mol. The summed E-state index contributed by atoms with van der Waals surface area (Å²) in [5.41, 5.74) is 0.00195. The predicted octanol–water partition coefficient (Wildman–Crippen LogP) is 2.61. The number of halogens is 1. The number of nitrogens with one attached hydrogen (secondary N) is 2. The first-order chi connectivity index (χ1) is 13.8. The lowest BCUT2D eigenvalue weighted by Gasteiger charge is -2.11. The fourth-order valence-electron chi connectivity index (χ4n) is 2.27. The van der Waals surface area contributed by atoms with Gasteiger partial charge in [-0.25, -0.2) is 0 Å². The van der Waals surface area contributed by atoms with Crippen LogP contribution in [0.3, 0.4) is 0 Å². The van der Waals surface area contributed by atoms with E-state index in [0.717, 1.165) is 0 Å². The number of carboxylic acid groups (broad SMARTS) is 1. The summed E-state index contributed by atoms with van der Waals surface area (Å²) in [6.45, 7) is -0.164. The van der Waals surface area contributed by atoms with Crippen molar-refractivity contribution < 1.29 is 24.4 Å². The summed E-state index contributed by atoms with van der Waals surface area (Å²) in [4.78, 5) is 45.9. The third kappa shape index (κ3) is 6.43. The number of non-ortho nitro benzene ring substituents is 1. The average Bonchev–Trinajstić information content (AvgIpc) is 2.67. The number of benzene rings is 2. The molecule has 0 aliphatic heterocycles. The first kappa shape index (κ1) is 21.6. The van der Waals surface area contributed by atoms with Crippen LogP contribution in [-0.4, -0.2) is 34.4 Å². The van der Waals surface area contributed by atoms with E-state index in [9.17, 15) is 24.5 Å². The van der Waals surface area contributed by atoms with Crippen LogP contribution < -0.4 is 10.6 Å². The summed E-state index contributed by atoms with van der Waals surface area (Å²) in [7, 11) is 0. The molecule has 0 saturated heterocycles. The van der Waals surface area contributed by atoms with Gasteiger partial charge in [0.2, 0.25) is 0 Å². The highest BCUT2D eigenvalue weighted by molar-refractivity contribution is 6.34. The first-order valence-electron chi connectivity index (χ1n) is 8.30. The standard InChI is InChI=1S/C19H16ClN3O6/c20-15-7-2-1-6-14(15)18(26)22-16(19(27)21-9-8-17(24)25)11-12-4-3-5-13(10-12)23(28)29/h1-7,10-11H,8-9H2,(H,21,27)(H,22,26)(H,24,25)/b16-11+. The highest BCUT2D eigenvalue weighted by Gasteiger charge is 2.17. The molecule has 0 aliphatic rings. The predicted molar refractivity (Wildman–Crippen MR) is 105 cm³/mol. The zero-order valence-corrected chi connectivity index (χ0v) is 15.7. The van der Waals surface area contributed by atoms with Crippen molar-refractivity contribution in [2.45, 2.75) is 6.42 Å². The van der Waals surface area contributed by atoms with Crippen molar-refractivity contribution in [2.24, 2.45) is 0 Å². The molecule has 3 N–H and O–H groups in total. The number of aliphatic carboxylic acids is 1. The van der Waals surface area contributed by atoms with Crippen molar-refractivity contribution in [1.29, 1.82) is 0 Å². The minimum Gasteiger partial charge on any atom is -0.481 e. The maximum Gasteiger partial charge on any atom is 0.305 e. The van der Waals surface area contributed by atoms with Gasteiger partial charge in [-0.3, -0.25) is 24.5 Å². The number of nitro groups is 1. The fraction of sp³-hybridized carbons (Fsp3) is 0.105. The molecule has 0 heterocycles. The van der Waals surface area contributed by atoms with Crippen LogP contribution in [0.25, 0.3) is 6.08 Å². The number of hydrogen-bond donors (Lipinski definition) is 3. The molecule has 9 nitrogen and oxygen atoms in total. The summed E-state index contributed by atoms with van der Waals surface area (Å²) in [6, 6.07) is 11.7. The lowest BCUT2D eigenvalue weighted by molar-refractivity contribution is -0.384. The van der Waals surface area contributed by atoms with Gasteiger partial charge < -0.3 is 15.7 Å². The number of carbonyl (C=O) groups excluding carboxylic acids is 2. The van der Waals surface area contributed by atoms with Crippen LogP contribution in [0.4, 0.5) is 5.69 Å². The van der Waals surface area contributed by atoms with E-state index >= 15 is 0 Å². The number of carbonyl (C=O) groups is 3. The van der Waals surface area contributed by atoms with Gasteiger partial charge >= 0.3 is 5.97 Å². The molecule has 0 radical (unpaired) electrons. The number of hydrogen-bond acceptors (Lipinski definition) is 5. The van der Waals surface area contributed by atoms with Gasteiger partial charge in [-0.2, -0.15) is 0 Å². The molecule has 0 unspecified atom stereocenters. The molecule has 10 heteroatoms. The van der Waals surface area contributed by atoms with Crippen molar-refractivity contribution in [3.8, 4) is 0 Å². The largest absolute Gasteiger partial charge is 0.481 e. The molecule has 0 atom stereocenters. The second kappa shape index (κ2) is 10.00. The van der Waals surface area contributed by atoms with Crippen molar-refractivity contribution in [2.75, 3.05) is 6.54 Å². The van der Waals surface area contributed by atoms with Crippen LogP contribution in [-0.2, 0) is 9.59 Å². The van der Waals surface area contributed by atoms with Gasteiger partial charge in [0, 0.05) is 18.7 Å². The lowest BCUT2D eigenvalue weighted by atomic mass is 10.1. The SMILES string of the molecule is O=C(O)CCNC(=O)/C(=C\c1cccc([N+](=O)[O-])c1)NC(=O)c1ccccc1Cl. The summed E-state index contributed by atoms with van der Waals surface area (Å²) in [5.74, 6) is -2.52. The Kier molecular flexibility index (Phi) is 7.44. The highest BCUT2D eigenvalue weighted by atomic mass is 35.5. The Morgan fingerprint density at radius 3 is 2.52 bits per heavy atom. The summed E-state index contributed by atoms with van der Waals surface area (Å²) in [5, 5.41) is 24.6. The maximum atomic E-state index is 12.5. The third-order valence-electron chi connectivity index (χ3n) is 3.63. The molecule has 150 valence electrons. The van der Waals surface area contributed by atoms with E-state index in [1.165, 1.54) is 42.5 Å². The van der Waals surface area contributed by atoms with Gasteiger partial charge in [0.25, 0.3) is 17.5 Å². The summed E-state index contributed by atoms with van der Waals surface area (Å²) < 4.78 is 0. The van der Waals surface area contributed by atoms with E-state index in [4.69, 9.17) is 16.7 Å². The van der Waals surface area contributed by atoms with Crippen molar-refractivity contribution in [3.63, 3.8) is 0 Å². The van der Waals surface area contributed by atoms with E-state index < -0.39 is 22.7 Å². The normalized spacial score (nSPS) is 10.9. The minimum atomic E-state index is -1.10. The second-order valence-electron chi connectivity index (χ2n) is 5.74. The Morgan fingerprint density at radius 2 is 1.86 bits per heavy atom. The Morgan fingerprint density at radius 1 is 1.14 bits per heavy atom. The Bertz CT molecular complexity index is 989. The van der Waals surface area contributed by atoms with Gasteiger partial charge in [-0.1, -0.05) is 35.9 Å². The van der Waals surface area contributed by atoms with Gasteiger partial charge in [0.05, 0.1) is 21.9 Å². The topological polar surface area (TPSA) is 139 Å². The van der Waals surface area contributed by atoms with Crippen LogP contribution in [0.15, 0.2) is 54.2 Å². The fourth-order valence-corrected chi connectivity index (χ4v) is 2.49.